The van der Waals surface area contributed by atoms with Gasteiger partial charge < -0.3 is 10.1 Å². The molecular formula is C13H17BrClNO. The van der Waals surface area contributed by atoms with E-state index < -0.39 is 0 Å². The van der Waals surface area contributed by atoms with Crippen molar-refractivity contribution in [2.24, 2.45) is 0 Å². The summed E-state index contributed by atoms with van der Waals surface area (Å²) in [6.07, 6.45) is 1.12. The van der Waals surface area contributed by atoms with Crippen LogP contribution in [-0.2, 0) is 0 Å². The zero-order valence-corrected chi connectivity index (χ0v) is 12.3. The highest BCUT2D eigenvalue weighted by molar-refractivity contribution is 9.10. The summed E-state index contributed by atoms with van der Waals surface area (Å²) in [6, 6.07) is 5.47. The summed E-state index contributed by atoms with van der Waals surface area (Å²) < 4.78 is 6.50. The molecule has 0 unspecified atom stereocenters. The van der Waals surface area contributed by atoms with Crippen LogP contribution >= 0.6 is 27.5 Å². The van der Waals surface area contributed by atoms with Gasteiger partial charge in [0, 0.05) is 11.6 Å². The number of nitrogens with one attached hydrogen (secondary N) is 1. The lowest BCUT2D eigenvalue weighted by atomic mass is 10.3. The van der Waals surface area contributed by atoms with E-state index in [1.165, 1.54) is 0 Å². The van der Waals surface area contributed by atoms with Crippen LogP contribution in [0.15, 0.2) is 34.8 Å². The summed E-state index contributed by atoms with van der Waals surface area (Å²) in [5.41, 5.74) is 1.03. The first-order chi connectivity index (χ1) is 8.13. The fraction of sp³-hybridized carbons (Fsp3) is 0.385. The van der Waals surface area contributed by atoms with Gasteiger partial charge in [0.15, 0.2) is 0 Å². The molecule has 0 aromatic heterocycles. The minimum absolute atomic E-state index is 0.511. The molecule has 1 aromatic carbocycles. The van der Waals surface area contributed by atoms with E-state index in [2.05, 4.69) is 34.7 Å². The van der Waals surface area contributed by atoms with E-state index in [-0.39, 0.29) is 0 Å². The van der Waals surface area contributed by atoms with Gasteiger partial charge >= 0.3 is 0 Å². The molecule has 0 aliphatic heterocycles. The Labute approximate surface area is 116 Å². The second kappa shape index (κ2) is 7.75. The monoisotopic (exact) mass is 317 g/mol. The van der Waals surface area contributed by atoms with E-state index >= 15 is 0 Å². The third kappa shape index (κ3) is 5.57. The molecule has 1 aromatic rings. The average Bonchev–Trinajstić information content (AvgIpc) is 2.28. The van der Waals surface area contributed by atoms with E-state index in [4.69, 9.17) is 16.3 Å². The summed E-state index contributed by atoms with van der Waals surface area (Å²) in [5.74, 6) is 0.783. The van der Waals surface area contributed by atoms with Crippen molar-refractivity contribution in [2.45, 2.75) is 13.3 Å². The van der Waals surface area contributed by atoms with Gasteiger partial charge in [-0.3, -0.25) is 0 Å². The molecule has 0 saturated heterocycles. The quantitative estimate of drug-likeness (QED) is 0.605. The molecule has 0 aliphatic rings. The first-order valence-corrected chi connectivity index (χ1v) is 6.75. The largest absolute Gasteiger partial charge is 0.488 e. The Morgan fingerprint density at radius 1 is 1.53 bits per heavy atom. The van der Waals surface area contributed by atoms with Crippen molar-refractivity contribution in [3.8, 4) is 5.75 Å². The van der Waals surface area contributed by atoms with Crippen molar-refractivity contribution < 1.29 is 4.74 Å². The molecule has 0 saturated carbocycles. The second-order valence-corrected chi connectivity index (χ2v) is 5.08. The van der Waals surface area contributed by atoms with Gasteiger partial charge in [0.2, 0.25) is 0 Å². The van der Waals surface area contributed by atoms with E-state index in [1.807, 2.05) is 12.1 Å². The van der Waals surface area contributed by atoms with Gasteiger partial charge in [-0.05, 0) is 52.7 Å². The van der Waals surface area contributed by atoms with E-state index in [0.29, 0.717) is 11.6 Å². The maximum absolute atomic E-state index is 5.85. The fourth-order valence-corrected chi connectivity index (χ4v) is 2.06. The molecule has 0 atom stereocenters. The van der Waals surface area contributed by atoms with E-state index in [1.54, 1.807) is 6.07 Å². The number of ether oxygens (including phenoxy) is 1. The van der Waals surface area contributed by atoms with Crippen molar-refractivity contribution in [2.75, 3.05) is 19.7 Å². The van der Waals surface area contributed by atoms with Gasteiger partial charge in [0.05, 0.1) is 4.47 Å². The molecule has 0 fully saturated rings. The highest BCUT2D eigenvalue weighted by Crippen LogP contribution is 2.28. The summed E-state index contributed by atoms with van der Waals surface area (Å²) in [7, 11) is 0. The van der Waals surface area contributed by atoms with Crippen molar-refractivity contribution in [3.63, 3.8) is 0 Å². The molecule has 0 spiro atoms. The van der Waals surface area contributed by atoms with Crippen LogP contribution in [0.1, 0.15) is 13.3 Å². The lowest BCUT2D eigenvalue weighted by molar-refractivity contribution is 0.346. The molecule has 2 nitrogen and oxygen atoms in total. The highest BCUT2D eigenvalue weighted by atomic mass is 79.9. The molecule has 0 heterocycles. The van der Waals surface area contributed by atoms with Crippen LogP contribution in [-0.4, -0.2) is 19.7 Å². The number of hydrogen-bond acceptors (Lipinski definition) is 2. The predicted molar refractivity (Wildman–Crippen MR) is 76.9 cm³/mol. The summed E-state index contributed by atoms with van der Waals surface area (Å²) in [5, 5.41) is 3.97. The van der Waals surface area contributed by atoms with E-state index in [0.717, 1.165) is 35.3 Å². The average molecular weight is 319 g/mol. The normalized spacial score (nSPS) is 10.3. The maximum Gasteiger partial charge on any atom is 0.134 e. The van der Waals surface area contributed by atoms with Crippen LogP contribution in [0.25, 0.3) is 0 Å². The predicted octanol–water partition coefficient (Wildman–Crippen LogP) is 4.04. The second-order valence-electron chi connectivity index (χ2n) is 3.79. The molecule has 0 bridgehead atoms. The lowest BCUT2D eigenvalue weighted by Crippen LogP contribution is -2.20. The van der Waals surface area contributed by atoms with Crippen molar-refractivity contribution >= 4 is 27.5 Å². The Morgan fingerprint density at radius 2 is 2.29 bits per heavy atom. The van der Waals surface area contributed by atoms with Crippen molar-refractivity contribution in [1.82, 2.24) is 5.32 Å². The minimum atomic E-state index is 0.511. The van der Waals surface area contributed by atoms with Gasteiger partial charge in [-0.25, -0.2) is 0 Å². The van der Waals surface area contributed by atoms with Crippen LogP contribution in [0, 0.1) is 0 Å². The molecule has 17 heavy (non-hydrogen) atoms. The van der Waals surface area contributed by atoms with Gasteiger partial charge in [0.25, 0.3) is 0 Å². The molecule has 1 rings (SSSR count). The van der Waals surface area contributed by atoms with Crippen molar-refractivity contribution in [3.05, 3.63) is 39.8 Å². The minimum Gasteiger partial charge on any atom is -0.488 e. The Kier molecular flexibility index (Phi) is 6.63. The third-order valence-electron chi connectivity index (χ3n) is 2.13. The molecule has 0 amide bonds. The van der Waals surface area contributed by atoms with Crippen LogP contribution in [0.4, 0.5) is 0 Å². The van der Waals surface area contributed by atoms with Crippen LogP contribution < -0.4 is 10.1 Å². The van der Waals surface area contributed by atoms with Crippen molar-refractivity contribution in [1.29, 1.82) is 0 Å². The zero-order chi connectivity index (χ0) is 12.7. The molecule has 1 N–H and O–H groups in total. The first-order valence-electron chi connectivity index (χ1n) is 5.58. The molecule has 4 heteroatoms. The zero-order valence-electron chi connectivity index (χ0n) is 9.93. The van der Waals surface area contributed by atoms with Crippen LogP contribution in [0.3, 0.4) is 0 Å². The Balaban J connectivity index is 2.37. The number of hydrogen-bond donors (Lipinski definition) is 1. The van der Waals surface area contributed by atoms with Crippen LogP contribution in [0.5, 0.6) is 5.75 Å². The topological polar surface area (TPSA) is 21.3 Å². The van der Waals surface area contributed by atoms with Gasteiger partial charge in [-0.15, -0.1) is 0 Å². The first kappa shape index (κ1) is 14.6. The summed E-state index contributed by atoms with van der Waals surface area (Å²) >= 11 is 9.26. The Hall–Kier alpha value is -0.510. The van der Waals surface area contributed by atoms with Gasteiger partial charge in [-0.2, -0.15) is 0 Å². The number of rotatable bonds is 7. The lowest BCUT2D eigenvalue weighted by Gasteiger charge is -2.11. The fourth-order valence-electron chi connectivity index (χ4n) is 1.27. The molecular weight excluding hydrogens is 302 g/mol. The van der Waals surface area contributed by atoms with Gasteiger partial charge in [0.1, 0.15) is 12.4 Å². The third-order valence-corrected chi connectivity index (χ3v) is 2.98. The Bertz CT molecular complexity index is 382. The highest BCUT2D eigenvalue weighted by Gasteiger charge is 2.02. The maximum atomic E-state index is 5.85. The standard InChI is InChI=1S/C13H17BrClNO/c1-3-6-16-8-10(2)9-17-13-5-4-11(15)7-12(13)14/h4-5,7,16H,2-3,6,8-9H2,1H3. The Morgan fingerprint density at radius 3 is 2.94 bits per heavy atom. The number of halogens is 2. The summed E-state index contributed by atoms with van der Waals surface area (Å²) in [6.45, 7) is 8.40. The van der Waals surface area contributed by atoms with Crippen LogP contribution in [0.2, 0.25) is 5.02 Å². The summed E-state index contributed by atoms with van der Waals surface area (Å²) in [4.78, 5) is 0. The van der Waals surface area contributed by atoms with E-state index in [9.17, 15) is 0 Å². The molecule has 94 valence electrons. The molecule has 0 aliphatic carbocycles. The van der Waals surface area contributed by atoms with Gasteiger partial charge in [-0.1, -0.05) is 25.1 Å². The smallest absolute Gasteiger partial charge is 0.134 e. The molecule has 0 radical (unpaired) electrons. The SMILES string of the molecule is C=C(CNCCC)COc1ccc(Cl)cc1Br. The number of benzene rings is 1.